The Morgan fingerprint density at radius 3 is 2.75 bits per heavy atom. The number of hydrogen-bond donors (Lipinski definition) is 1. The summed E-state index contributed by atoms with van der Waals surface area (Å²) < 4.78 is 1.94. The topological polar surface area (TPSA) is 46.0 Å². The third-order valence-corrected chi connectivity index (χ3v) is 5.79. The van der Waals surface area contributed by atoms with E-state index in [1.165, 1.54) is 44.5 Å². The van der Waals surface area contributed by atoms with Crippen LogP contribution in [0.1, 0.15) is 31.7 Å². The van der Waals surface area contributed by atoms with Gasteiger partial charge in [0.05, 0.1) is 5.69 Å². The van der Waals surface area contributed by atoms with E-state index in [9.17, 15) is 0 Å². The molecule has 0 aromatic carbocycles. The second-order valence-corrected chi connectivity index (χ2v) is 7.62. The van der Waals surface area contributed by atoms with Crippen LogP contribution in [0.3, 0.4) is 0 Å². The van der Waals surface area contributed by atoms with Gasteiger partial charge in [0.2, 0.25) is 0 Å². The van der Waals surface area contributed by atoms with Crippen molar-refractivity contribution in [2.75, 3.05) is 19.6 Å². The molecule has 5 nitrogen and oxygen atoms in total. The highest BCUT2D eigenvalue weighted by atomic mass is 15.3. The molecule has 128 valence electrons. The summed E-state index contributed by atoms with van der Waals surface area (Å²) in [5.74, 6) is 0. The normalized spacial score (nSPS) is 23.8. The molecular formula is C19H27N5. The van der Waals surface area contributed by atoms with Gasteiger partial charge in [-0.15, -0.1) is 0 Å². The smallest absolute Gasteiger partial charge is 0.0969 e. The van der Waals surface area contributed by atoms with Gasteiger partial charge in [0.1, 0.15) is 0 Å². The van der Waals surface area contributed by atoms with Crippen molar-refractivity contribution in [2.45, 2.75) is 38.8 Å². The Kier molecular flexibility index (Phi) is 4.14. The van der Waals surface area contributed by atoms with Crippen LogP contribution in [0, 0.1) is 5.41 Å². The first-order valence-electron chi connectivity index (χ1n) is 9.03. The summed E-state index contributed by atoms with van der Waals surface area (Å²) >= 11 is 0. The van der Waals surface area contributed by atoms with E-state index in [1.807, 2.05) is 36.3 Å². The molecule has 5 heteroatoms. The van der Waals surface area contributed by atoms with Crippen LogP contribution in [0.4, 0.5) is 0 Å². The maximum atomic E-state index is 4.70. The third-order valence-electron chi connectivity index (χ3n) is 5.79. The molecule has 0 aliphatic carbocycles. The van der Waals surface area contributed by atoms with E-state index in [0.717, 1.165) is 17.8 Å². The maximum Gasteiger partial charge on any atom is 0.0969 e. The molecule has 2 saturated heterocycles. The molecule has 1 N–H and O–H groups in total. The number of nitrogens with one attached hydrogen (secondary N) is 1. The van der Waals surface area contributed by atoms with Crippen molar-refractivity contribution in [3.8, 4) is 11.3 Å². The third kappa shape index (κ3) is 2.98. The van der Waals surface area contributed by atoms with Crippen LogP contribution in [0.25, 0.3) is 11.3 Å². The fourth-order valence-electron chi connectivity index (χ4n) is 4.56. The lowest BCUT2D eigenvalue weighted by atomic mass is 9.77. The van der Waals surface area contributed by atoms with Crippen LogP contribution in [0.15, 0.2) is 30.7 Å². The highest BCUT2D eigenvalue weighted by Crippen LogP contribution is 2.42. The summed E-state index contributed by atoms with van der Waals surface area (Å²) in [6.45, 7) is 6.95. The van der Waals surface area contributed by atoms with E-state index in [2.05, 4.69) is 28.3 Å². The largest absolute Gasteiger partial charge is 0.317 e. The molecule has 4 rings (SSSR count). The van der Waals surface area contributed by atoms with Gasteiger partial charge in [-0.3, -0.25) is 14.6 Å². The molecule has 1 atom stereocenters. The summed E-state index contributed by atoms with van der Waals surface area (Å²) in [6.07, 6.45) is 9.83. The molecule has 0 bridgehead atoms. The van der Waals surface area contributed by atoms with Gasteiger partial charge >= 0.3 is 0 Å². The number of hydrogen-bond acceptors (Lipinski definition) is 4. The Hall–Kier alpha value is -1.72. The molecule has 2 aliphatic heterocycles. The van der Waals surface area contributed by atoms with Gasteiger partial charge in [-0.1, -0.05) is 0 Å². The summed E-state index contributed by atoms with van der Waals surface area (Å²) in [5.41, 5.74) is 4.10. The van der Waals surface area contributed by atoms with Gasteiger partial charge in [0.15, 0.2) is 0 Å². The molecule has 24 heavy (non-hydrogen) atoms. The zero-order valence-electron chi connectivity index (χ0n) is 14.7. The zero-order valence-corrected chi connectivity index (χ0v) is 14.7. The first kappa shape index (κ1) is 15.8. The van der Waals surface area contributed by atoms with Gasteiger partial charge in [-0.2, -0.15) is 5.10 Å². The van der Waals surface area contributed by atoms with Crippen LogP contribution in [-0.4, -0.2) is 45.3 Å². The van der Waals surface area contributed by atoms with Gasteiger partial charge < -0.3 is 5.32 Å². The van der Waals surface area contributed by atoms with Crippen molar-refractivity contribution in [3.63, 3.8) is 0 Å². The van der Waals surface area contributed by atoms with Crippen molar-refractivity contribution < 1.29 is 0 Å². The first-order chi connectivity index (χ1) is 11.7. The van der Waals surface area contributed by atoms with Gasteiger partial charge in [-0.25, -0.2) is 0 Å². The van der Waals surface area contributed by atoms with E-state index in [1.54, 1.807) is 0 Å². The van der Waals surface area contributed by atoms with Gasteiger partial charge in [-0.05, 0) is 56.8 Å². The van der Waals surface area contributed by atoms with Crippen LogP contribution in [-0.2, 0) is 13.6 Å². The van der Waals surface area contributed by atoms with E-state index < -0.39 is 0 Å². The molecular weight excluding hydrogens is 298 g/mol. The van der Waals surface area contributed by atoms with Crippen molar-refractivity contribution in [3.05, 3.63) is 36.3 Å². The van der Waals surface area contributed by atoms with Crippen molar-refractivity contribution in [1.29, 1.82) is 0 Å². The van der Waals surface area contributed by atoms with Crippen LogP contribution < -0.4 is 5.32 Å². The lowest BCUT2D eigenvalue weighted by Gasteiger charge is -2.33. The van der Waals surface area contributed by atoms with Crippen molar-refractivity contribution in [1.82, 2.24) is 25.0 Å². The molecule has 2 aliphatic rings. The predicted octanol–water partition coefficient (Wildman–Crippen LogP) is 2.45. The fourth-order valence-corrected chi connectivity index (χ4v) is 4.56. The van der Waals surface area contributed by atoms with E-state index >= 15 is 0 Å². The highest BCUT2D eigenvalue weighted by molar-refractivity contribution is 5.61. The summed E-state index contributed by atoms with van der Waals surface area (Å²) in [5, 5.41) is 8.22. The van der Waals surface area contributed by atoms with E-state index in [0.29, 0.717) is 11.5 Å². The number of aryl methyl sites for hydroxylation is 1. The second kappa shape index (κ2) is 6.30. The zero-order chi connectivity index (χ0) is 16.6. The first-order valence-corrected chi connectivity index (χ1v) is 9.03. The van der Waals surface area contributed by atoms with Crippen molar-refractivity contribution in [2.24, 2.45) is 12.5 Å². The summed E-state index contributed by atoms with van der Waals surface area (Å²) in [4.78, 5) is 6.79. The Labute approximate surface area is 144 Å². The summed E-state index contributed by atoms with van der Waals surface area (Å²) in [7, 11) is 2.01. The van der Waals surface area contributed by atoms with Gasteiger partial charge in [0.25, 0.3) is 0 Å². The Morgan fingerprint density at radius 1 is 1.25 bits per heavy atom. The predicted molar refractivity (Wildman–Crippen MR) is 95.5 cm³/mol. The molecule has 0 amide bonds. The maximum absolute atomic E-state index is 4.70. The van der Waals surface area contributed by atoms with Crippen molar-refractivity contribution >= 4 is 0 Å². The minimum Gasteiger partial charge on any atom is -0.317 e. The highest BCUT2D eigenvalue weighted by Gasteiger charge is 2.42. The average Bonchev–Trinajstić information content (AvgIpc) is 3.09. The quantitative estimate of drug-likeness (QED) is 0.941. The molecule has 1 spiro atoms. The van der Waals surface area contributed by atoms with Crippen LogP contribution in [0.2, 0.25) is 0 Å². The minimum atomic E-state index is 0.531. The summed E-state index contributed by atoms with van der Waals surface area (Å²) in [6, 6.07) is 4.75. The second-order valence-electron chi connectivity index (χ2n) is 7.62. The molecule has 2 aromatic heterocycles. The van der Waals surface area contributed by atoms with Crippen LogP contribution >= 0.6 is 0 Å². The number of likely N-dealkylation sites (tertiary alicyclic amines) is 1. The Bertz CT molecular complexity index is 687. The van der Waals surface area contributed by atoms with E-state index in [-0.39, 0.29) is 0 Å². The molecule has 0 radical (unpaired) electrons. The monoisotopic (exact) mass is 325 g/mol. The average molecular weight is 325 g/mol. The number of nitrogens with zero attached hydrogens (tertiary/aromatic N) is 4. The number of piperidine rings is 1. The Morgan fingerprint density at radius 2 is 2.00 bits per heavy atom. The molecule has 1 unspecified atom stereocenters. The Balaban J connectivity index is 1.56. The number of aromatic nitrogens is 3. The number of pyridine rings is 1. The molecule has 0 saturated carbocycles. The lowest BCUT2D eigenvalue weighted by Crippen LogP contribution is -2.38. The lowest BCUT2D eigenvalue weighted by molar-refractivity contribution is 0.190. The fraction of sp³-hybridized carbons (Fsp3) is 0.579. The van der Waals surface area contributed by atoms with E-state index in [4.69, 9.17) is 5.10 Å². The SMILES string of the molecule is CC1CC2(CCNCC2)CN1Cc1cn(C)nc1-c1ccncc1. The van der Waals surface area contributed by atoms with Crippen LogP contribution in [0.5, 0.6) is 0 Å². The number of rotatable bonds is 3. The minimum absolute atomic E-state index is 0.531. The standard InChI is InChI=1S/C19H27N5/c1-15-11-19(5-9-21-10-6-19)14-24(15)13-17-12-23(2)22-18(17)16-3-7-20-8-4-16/h3-4,7-8,12,15,21H,5-6,9-11,13-14H2,1-2H3. The molecule has 2 fully saturated rings. The molecule has 4 heterocycles. The van der Waals surface area contributed by atoms with Gasteiger partial charge in [0, 0.05) is 55.9 Å². The molecule has 2 aromatic rings.